The first kappa shape index (κ1) is 10.4. The Morgan fingerprint density at radius 3 is 2.88 bits per heavy atom. The molecule has 1 N–H and O–H groups in total. The van der Waals surface area contributed by atoms with Crippen LogP contribution in [-0.4, -0.2) is 12.5 Å². The first-order valence-electron chi connectivity index (χ1n) is 6.80. The molecule has 0 aromatic rings. The lowest BCUT2D eigenvalue weighted by Gasteiger charge is -2.46. The van der Waals surface area contributed by atoms with E-state index in [4.69, 9.17) is 0 Å². The molecule has 2 bridgehead atoms. The van der Waals surface area contributed by atoms with E-state index in [9.17, 15) is 4.79 Å². The Hall–Kier alpha value is -0.790. The van der Waals surface area contributed by atoms with E-state index in [1.165, 1.54) is 51.4 Å². The molecule has 0 saturated heterocycles. The first-order valence-corrected chi connectivity index (χ1v) is 6.80. The first-order chi connectivity index (χ1) is 7.90. The number of carbonyl (C=O) groups excluding carboxylic acids is 1. The molecule has 1 fully saturated rings. The quantitative estimate of drug-likeness (QED) is 0.561. The van der Waals surface area contributed by atoms with Crippen LogP contribution in [0, 0.1) is 11.8 Å². The van der Waals surface area contributed by atoms with Crippen LogP contribution in [0.3, 0.4) is 0 Å². The molecule has 88 valence electrons. The second-order valence-corrected chi connectivity index (χ2v) is 5.65. The predicted octanol–water partition coefficient (Wildman–Crippen LogP) is 2.79. The zero-order valence-corrected chi connectivity index (χ0v) is 9.87. The summed E-state index contributed by atoms with van der Waals surface area (Å²) in [4.78, 5) is 10.7. The lowest BCUT2D eigenvalue weighted by molar-refractivity contribution is -0.111. The summed E-state index contributed by atoms with van der Waals surface area (Å²) >= 11 is 0. The Bertz CT molecular complexity index is 321. The predicted molar refractivity (Wildman–Crippen MR) is 63.9 cm³/mol. The Kier molecular flexibility index (Phi) is 2.74. The molecule has 1 amide bonds. The van der Waals surface area contributed by atoms with Gasteiger partial charge in [0.2, 0.25) is 6.41 Å². The van der Waals surface area contributed by atoms with E-state index in [0.717, 1.165) is 12.3 Å². The number of nitrogens with one attached hydrogen (secondary N) is 1. The molecule has 0 aromatic carbocycles. The fraction of sp³-hybridized carbons (Fsp3) is 0.786. The molecule has 0 aliphatic heterocycles. The van der Waals surface area contributed by atoms with E-state index in [0.29, 0.717) is 12.0 Å². The molecule has 0 aromatic heterocycles. The number of allylic oxidation sites excluding steroid dienone is 1. The molecule has 2 nitrogen and oxygen atoms in total. The van der Waals surface area contributed by atoms with Gasteiger partial charge in [-0.15, -0.1) is 0 Å². The summed E-state index contributed by atoms with van der Waals surface area (Å²) < 4.78 is 0. The molecular formula is C14H21NO. The lowest BCUT2D eigenvalue weighted by Crippen LogP contribution is -2.48. The van der Waals surface area contributed by atoms with Crippen LogP contribution >= 0.6 is 0 Å². The van der Waals surface area contributed by atoms with Gasteiger partial charge in [-0.1, -0.05) is 17.6 Å². The summed E-state index contributed by atoms with van der Waals surface area (Å²) in [6.45, 7) is 0. The molecule has 3 aliphatic rings. The SMILES string of the molecule is O=CN[C@H]1[C@@H]2CCC[C@H]1C1=C(CCCC1)C2. The number of carbonyl (C=O) groups is 1. The van der Waals surface area contributed by atoms with Crippen molar-refractivity contribution in [2.24, 2.45) is 11.8 Å². The Labute approximate surface area is 97.5 Å². The van der Waals surface area contributed by atoms with Crippen LogP contribution < -0.4 is 5.32 Å². The van der Waals surface area contributed by atoms with E-state index >= 15 is 0 Å². The summed E-state index contributed by atoms with van der Waals surface area (Å²) in [5.74, 6) is 1.42. The highest BCUT2D eigenvalue weighted by Gasteiger charge is 2.40. The minimum absolute atomic E-state index is 0.461. The summed E-state index contributed by atoms with van der Waals surface area (Å²) in [7, 11) is 0. The highest BCUT2D eigenvalue weighted by molar-refractivity contribution is 5.48. The molecule has 3 atom stereocenters. The van der Waals surface area contributed by atoms with E-state index in [-0.39, 0.29) is 0 Å². The summed E-state index contributed by atoms with van der Waals surface area (Å²) in [6.07, 6.45) is 11.6. The van der Waals surface area contributed by atoms with Crippen LogP contribution in [0.2, 0.25) is 0 Å². The smallest absolute Gasteiger partial charge is 0.207 e. The van der Waals surface area contributed by atoms with Crippen molar-refractivity contribution >= 4 is 6.41 Å². The summed E-state index contributed by atoms with van der Waals surface area (Å²) in [5, 5.41) is 3.10. The van der Waals surface area contributed by atoms with Crippen LogP contribution in [0.25, 0.3) is 0 Å². The van der Waals surface area contributed by atoms with Crippen molar-refractivity contribution < 1.29 is 4.79 Å². The Morgan fingerprint density at radius 2 is 2.00 bits per heavy atom. The molecule has 3 aliphatic carbocycles. The van der Waals surface area contributed by atoms with Gasteiger partial charge in [-0.3, -0.25) is 4.79 Å². The van der Waals surface area contributed by atoms with Gasteiger partial charge < -0.3 is 5.32 Å². The topological polar surface area (TPSA) is 29.1 Å². The number of fused-ring (bicyclic) bond motifs is 3. The fourth-order valence-electron chi connectivity index (χ4n) is 4.23. The summed E-state index contributed by atoms with van der Waals surface area (Å²) in [6, 6.07) is 0.461. The largest absolute Gasteiger partial charge is 0.355 e. The normalized spacial score (nSPS) is 37.9. The molecule has 0 radical (unpaired) electrons. The van der Waals surface area contributed by atoms with Gasteiger partial charge in [0.25, 0.3) is 0 Å². The van der Waals surface area contributed by atoms with E-state index in [1.54, 1.807) is 11.1 Å². The number of amides is 1. The van der Waals surface area contributed by atoms with Crippen molar-refractivity contribution in [3.05, 3.63) is 11.1 Å². The highest BCUT2D eigenvalue weighted by Crippen LogP contribution is 2.47. The van der Waals surface area contributed by atoms with Gasteiger partial charge in [0.15, 0.2) is 0 Å². The maximum Gasteiger partial charge on any atom is 0.207 e. The van der Waals surface area contributed by atoms with Crippen molar-refractivity contribution in [3.63, 3.8) is 0 Å². The Morgan fingerprint density at radius 1 is 1.12 bits per heavy atom. The van der Waals surface area contributed by atoms with Crippen molar-refractivity contribution in [2.75, 3.05) is 0 Å². The van der Waals surface area contributed by atoms with Crippen molar-refractivity contribution in [1.29, 1.82) is 0 Å². The van der Waals surface area contributed by atoms with E-state index in [1.807, 2.05) is 0 Å². The number of hydrogen-bond acceptors (Lipinski definition) is 1. The minimum atomic E-state index is 0.461. The Balaban J connectivity index is 1.90. The molecule has 16 heavy (non-hydrogen) atoms. The van der Waals surface area contributed by atoms with Crippen LogP contribution in [-0.2, 0) is 4.79 Å². The van der Waals surface area contributed by atoms with Crippen molar-refractivity contribution in [3.8, 4) is 0 Å². The van der Waals surface area contributed by atoms with Crippen molar-refractivity contribution in [2.45, 2.75) is 57.4 Å². The summed E-state index contributed by atoms with van der Waals surface area (Å²) in [5.41, 5.74) is 3.51. The maximum atomic E-state index is 10.7. The molecule has 2 heteroatoms. The second-order valence-electron chi connectivity index (χ2n) is 5.65. The molecule has 1 saturated carbocycles. The van der Waals surface area contributed by atoms with Crippen molar-refractivity contribution in [1.82, 2.24) is 5.32 Å². The highest BCUT2D eigenvalue weighted by atomic mass is 16.1. The van der Waals surface area contributed by atoms with Gasteiger partial charge in [-0.2, -0.15) is 0 Å². The lowest BCUT2D eigenvalue weighted by atomic mass is 9.63. The molecule has 0 unspecified atom stereocenters. The average molecular weight is 219 g/mol. The third-order valence-electron chi connectivity index (χ3n) is 4.88. The number of rotatable bonds is 2. The van der Waals surface area contributed by atoms with Gasteiger partial charge in [-0.25, -0.2) is 0 Å². The van der Waals surface area contributed by atoms with Gasteiger partial charge >= 0.3 is 0 Å². The molecule has 3 rings (SSSR count). The minimum Gasteiger partial charge on any atom is -0.355 e. The average Bonchev–Trinajstić information content (AvgIpc) is 2.30. The molecular weight excluding hydrogens is 198 g/mol. The van der Waals surface area contributed by atoms with Gasteiger partial charge in [0, 0.05) is 12.0 Å². The standard InChI is InChI=1S/C14H21NO/c16-9-15-14-11-5-3-7-13(14)12-6-2-1-4-10(12)8-11/h9,11,13-14H,1-8H2,(H,15,16)/t11-,13+,14+/m1/s1. The van der Waals surface area contributed by atoms with Crippen LogP contribution in [0.15, 0.2) is 11.1 Å². The van der Waals surface area contributed by atoms with Gasteiger partial charge in [-0.05, 0) is 50.9 Å². The third-order valence-corrected chi connectivity index (χ3v) is 4.88. The number of hydrogen-bond donors (Lipinski definition) is 1. The monoisotopic (exact) mass is 219 g/mol. The van der Waals surface area contributed by atoms with Gasteiger partial charge in [0.05, 0.1) is 0 Å². The maximum absolute atomic E-state index is 10.7. The second kappa shape index (κ2) is 4.23. The van der Waals surface area contributed by atoms with Crippen LogP contribution in [0.4, 0.5) is 0 Å². The zero-order chi connectivity index (χ0) is 11.0. The van der Waals surface area contributed by atoms with Crippen LogP contribution in [0.1, 0.15) is 51.4 Å². The van der Waals surface area contributed by atoms with E-state index in [2.05, 4.69) is 5.32 Å². The third kappa shape index (κ3) is 1.59. The zero-order valence-electron chi connectivity index (χ0n) is 9.87. The molecule has 0 spiro atoms. The van der Waals surface area contributed by atoms with Gasteiger partial charge in [0.1, 0.15) is 0 Å². The van der Waals surface area contributed by atoms with Crippen LogP contribution in [0.5, 0.6) is 0 Å². The molecule has 0 heterocycles. The fourth-order valence-corrected chi connectivity index (χ4v) is 4.23. The van der Waals surface area contributed by atoms with E-state index < -0.39 is 0 Å².